The van der Waals surface area contributed by atoms with Crippen molar-refractivity contribution in [2.45, 2.75) is 44.6 Å². The minimum Gasteiger partial charge on any atom is -0.394 e. The molecule has 4 unspecified atom stereocenters. The molecule has 1 aliphatic rings. The zero-order chi connectivity index (χ0) is 13.8. The van der Waals surface area contributed by atoms with Gasteiger partial charge < -0.3 is 15.6 Å². The van der Waals surface area contributed by atoms with Crippen molar-refractivity contribution < 1.29 is 9.84 Å². The molecule has 1 aromatic rings. The molecular formula is C14H24N2O2S. The van der Waals surface area contributed by atoms with Crippen LogP contribution in [-0.2, 0) is 4.74 Å². The van der Waals surface area contributed by atoms with E-state index in [2.05, 4.69) is 36.3 Å². The highest BCUT2D eigenvalue weighted by Crippen LogP contribution is 2.31. The summed E-state index contributed by atoms with van der Waals surface area (Å²) < 4.78 is 5.72. The van der Waals surface area contributed by atoms with Crippen molar-refractivity contribution >= 4 is 11.3 Å². The van der Waals surface area contributed by atoms with Gasteiger partial charge in [0.2, 0.25) is 0 Å². The molecule has 0 aromatic carbocycles. The summed E-state index contributed by atoms with van der Waals surface area (Å²) in [4.78, 5) is 3.68. The molecule has 19 heavy (non-hydrogen) atoms. The highest BCUT2D eigenvalue weighted by molar-refractivity contribution is 7.10. The standard InChI is InChI=1S/C14H24N2O2S/c1-3-12(15)14(13-5-4-6-19-13)16-7-10(2)18-11(8-16)9-17/h4-6,10-12,14,17H,3,7-9,15H2,1-2H3. The average molecular weight is 284 g/mol. The van der Waals surface area contributed by atoms with E-state index in [1.165, 1.54) is 4.88 Å². The van der Waals surface area contributed by atoms with Gasteiger partial charge in [-0.25, -0.2) is 0 Å². The van der Waals surface area contributed by atoms with Gasteiger partial charge >= 0.3 is 0 Å². The van der Waals surface area contributed by atoms with Crippen molar-refractivity contribution in [2.75, 3.05) is 19.7 Å². The minimum atomic E-state index is -0.102. The van der Waals surface area contributed by atoms with Crippen molar-refractivity contribution in [3.63, 3.8) is 0 Å². The van der Waals surface area contributed by atoms with Crippen LogP contribution in [-0.4, -0.2) is 48.0 Å². The molecule has 0 bridgehead atoms. The molecule has 5 heteroatoms. The van der Waals surface area contributed by atoms with Crippen LogP contribution in [0.5, 0.6) is 0 Å². The van der Waals surface area contributed by atoms with Gasteiger partial charge in [0.05, 0.1) is 24.9 Å². The maximum atomic E-state index is 9.35. The fourth-order valence-electron chi connectivity index (χ4n) is 2.75. The van der Waals surface area contributed by atoms with Crippen molar-refractivity contribution in [1.82, 2.24) is 4.90 Å². The van der Waals surface area contributed by atoms with E-state index in [9.17, 15) is 5.11 Å². The maximum absolute atomic E-state index is 9.35. The van der Waals surface area contributed by atoms with E-state index in [4.69, 9.17) is 10.5 Å². The Morgan fingerprint density at radius 3 is 2.95 bits per heavy atom. The Balaban J connectivity index is 2.18. The second kappa shape index (κ2) is 6.81. The number of nitrogens with zero attached hydrogens (tertiary/aromatic N) is 1. The van der Waals surface area contributed by atoms with Crippen LogP contribution in [0.4, 0.5) is 0 Å². The molecule has 4 nitrogen and oxygen atoms in total. The lowest BCUT2D eigenvalue weighted by molar-refractivity contribution is -0.108. The minimum absolute atomic E-state index is 0.0688. The van der Waals surface area contributed by atoms with E-state index in [0.717, 1.165) is 19.5 Å². The number of aliphatic hydroxyl groups is 1. The van der Waals surface area contributed by atoms with Crippen LogP contribution in [0.1, 0.15) is 31.2 Å². The first-order valence-corrected chi connectivity index (χ1v) is 7.83. The quantitative estimate of drug-likeness (QED) is 0.862. The highest BCUT2D eigenvalue weighted by atomic mass is 32.1. The van der Waals surface area contributed by atoms with Crippen LogP contribution in [0.25, 0.3) is 0 Å². The largest absolute Gasteiger partial charge is 0.394 e. The fraction of sp³-hybridized carbons (Fsp3) is 0.714. The molecule has 1 aromatic heterocycles. The zero-order valence-corrected chi connectivity index (χ0v) is 12.5. The normalized spacial score (nSPS) is 28.2. The summed E-state index contributed by atoms with van der Waals surface area (Å²) in [6.45, 7) is 5.86. The van der Waals surface area contributed by atoms with Gasteiger partial charge in [0.15, 0.2) is 0 Å². The third-order valence-electron chi connectivity index (χ3n) is 3.66. The van der Waals surface area contributed by atoms with Gasteiger partial charge in [0, 0.05) is 24.0 Å². The summed E-state index contributed by atoms with van der Waals surface area (Å²) in [5, 5.41) is 11.4. The van der Waals surface area contributed by atoms with Crippen LogP contribution in [0.15, 0.2) is 17.5 Å². The molecule has 2 heterocycles. The Morgan fingerprint density at radius 1 is 1.58 bits per heavy atom. The molecule has 108 valence electrons. The molecule has 4 atom stereocenters. The van der Waals surface area contributed by atoms with E-state index in [-0.39, 0.29) is 30.9 Å². The number of nitrogens with two attached hydrogens (primary N) is 1. The Hall–Kier alpha value is -0.460. The van der Waals surface area contributed by atoms with Gasteiger partial charge in [-0.15, -0.1) is 11.3 Å². The van der Waals surface area contributed by atoms with Gasteiger partial charge in [0.1, 0.15) is 0 Å². The third-order valence-corrected chi connectivity index (χ3v) is 4.61. The summed E-state index contributed by atoms with van der Waals surface area (Å²) >= 11 is 1.75. The number of rotatable bonds is 5. The molecule has 0 saturated carbocycles. The Bertz CT molecular complexity index is 372. The lowest BCUT2D eigenvalue weighted by Gasteiger charge is -2.42. The summed E-state index contributed by atoms with van der Waals surface area (Å²) in [5.41, 5.74) is 6.33. The average Bonchev–Trinajstić information content (AvgIpc) is 2.91. The van der Waals surface area contributed by atoms with Crippen LogP contribution < -0.4 is 5.73 Å². The van der Waals surface area contributed by atoms with E-state index in [0.29, 0.717) is 0 Å². The van der Waals surface area contributed by atoms with E-state index in [1.807, 2.05) is 0 Å². The van der Waals surface area contributed by atoms with Crippen LogP contribution >= 0.6 is 11.3 Å². The Morgan fingerprint density at radius 2 is 2.37 bits per heavy atom. The number of aliphatic hydroxyl groups excluding tert-OH is 1. The number of thiophene rings is 1. The van der Waals surface area contributed by atoms with Crippen molar-refractivity contribution in [1.29, 1.82) is 0 Å². The molecule has 0 spiro atoms. The number of hydrogen-bond acceptors (Lipinski definition) is 5. The van der Waals surface area contributed by atoms with Crippen LogP contribution in [0.2, 0.25) is 0 Å². The lowest BCUT2D eigenvalue weighted by Crippen LogP contribution is -2.52. The number of ether oxygens (including phenoxy) is 1. The van der Waals surface area contributed by atoms with E-state index >= 15 is 0 Å². The summed E-state index contributed by atoms with van der Waals surface area (Å²) in [6, 6.07) is 4.57. The molecule has 1 aliphatic heterocycles. The van der Waals surface area contributed by atoms with Crippen molar-refractivity contribution in [3.8, 4) is 0 Å². The Kier molecular flexibility index (Phi) is 5.36. The summed E-state index contributed by atoms with van der Waals surface area (Å²) in [6.07, 6.45) is 0.977. The second-order valence-electron chi connectivity index (χ2n) is 5.24. The zero-order valence-electron chi connectivity index (χ0n) is 11.7. The molecule has 2 rings (SSSR count). The van der Waals surface area contributed by atoms with Gasteiger partial charge in [-0.1, -0.05) is 13.0 Å². The predicted molar refractivity (Wildman–Crippen MR) is 78.3 cm³/mol. The van der Waals surface area contributed by atoms with Gasteiger partial charge in [-0.2, -0.15) is 0 Å². The first-order valence-electron chi connectivity index (χ1n) is 6.95. The summed E-state index contributed by atoms with van der Waals surface area (Å²) in [5.74, 6) is 0. The molecule has 1 fully saturated rings. The fourth-order valence-corrected chi connectivity index (χ4v) is 3.69. The monoisotopic (exact) mass is 284 g/mol. The second-order valence-corrected chi connectivity index (χ2v) is 6.22. The smallest absolute Gasteiger partial charge is 0.0936 e. The van der Waals surface area contributed by atoms with Gasteiger partial charge in [-0.3, -0.25) is 4.90 Å². The van der Waals surface area contributed by atoms with Crippen molar-refractivity contribution in [2.24, 2.45) is 5.73 Å². The van der Waals surface area contributed by atoms with Crippen molar-refractivity contribution in [3.05, 3.63) is 22.4 Å². The molecule has 0 radical (unpaired) electrons. The predicted octanol–water partition coefficient (Wildman–Crippen LogP) is 1.61. The summed E-state index contributed by atoms with van der Waals surface area (Å²) in [7, 11) is 0. The van der Waals surface area contributed by atoms with Crippen LogP contribution in [0.3, 0.4) is 0 Å². The molecule has 0 aliphatic carbocycles. The van der Waals surface area contributed by atoms with Gasteiger partial charge in [0.25, 0.3) is 0 Å². The third kappa shape index (κ3) is 3.55. The Labute approximate surface area is 119 Å². The van der Waals surface area contributed by atoms with Gasteiger partial charge in [-0.05, 0) is 24.8 Å². The topological polar surface area (TPSA) is 58.7 Å². The first-order chi connectivity index (χ1) is 9.15. The maximum Gasteiger partial charge on any atom is 0.0936 e. The highest BCUT2D eigenvalue weighted by Gasteiger charge is 2.33. The van der Waals surface area contributed by atoms with E-state index < -0.39 is 0 Å². The molecular weight excluding hydrogens is 260 g/mol. The van der Waals surface area contributed by atoms with Crippen LogP contribution in [0, 0.1) is 0 Å². The number of morpholine rings is 1. The number of hydrogen-bond donors (Lipinski definition) is 2. The molecule has 0 amide bonds. The SMILES string of the molecule is CCC(N)C(c1cccs1)N1CC(C)OC(CO)C1. The lowest BCUT2D eigenvalue weighted by atomic mass is 10.0. The first kappa shape index (κ1) is 14.9. The molecule has 3 N–H and O–H groups in total. The van der Waals surface area contributed by atoms with E-state index in [1.54, 1.807) is 11.3 Å². The molecule has 1 saturated heterocycles.